The Balaban J connectivity index is 1.88. The van der Waals surface area contributed by atoms with Crippen LogP contribution < -0.4 is 14.4 Å². The van der Waals surface area contributed by atoms with Gasteiger partial charge in [0, 0.05) is 16.8 Å². The third-order valence-electron chi connectivity index (χ3n) is 6.44. The topological polar surface area (TPSA) is 71.9 Å². The molecule has 0 spiro atoms. The van der Waals surface area contributed by atoms with Crippen molar-refractivity contribution < 1.29 is 19.4 Å². The molecular weight excluding hydrogens is 464 g/mol. The monoisotopic (exact) mass is 494 g/mol. The molecule has 1 N–H and O–H groups in total. The molecule has 0 aliphatic carbocycles. The third-order valence-corrected chi connectivity index (χ3v) is 6.69. The van der Waals surface area contributed by atoms with Crippen LogP contribution in [-0.2, 0) is 16.8 Å². The van der Waals surface area contributed by atoms with Crippen LogP contribution in [0.5, 0.6) is 11.5 Å². The van der Waals surface area contributed by atoms with Crippen molar-refractivity contribution in [2.24, 2.45) is 0 Å². The van der Waals surface area contributed by atoms with E-state index in [4.69, 9.17) is 21.1 Å². The Kier molecular flexibility index (Phi) is 7.06. The highest BCUT2D eigenvalue weighted by Gasteiger charge is 2.37. The maximum atomic E-state index is 13.5. The third kappa shape index (κ3) is 5.00. The van der Waals surface area contributed by atoms with Crippen LogP contribution in [0.15, 0.2) is 54.7 Å². The smallest absolute Gasteiger partial charge is 0.233 e. The quantitative estimate of drug-likeness (QED) is 0.447. The average Bonchev–Trinajstić information content (AvgIpc) is 2.83. The van der Waals surface area contributed by atoms with Crippen LogP contribution in [-0.4, -0.2) is 29.2 Å². The Hall–Kier alpha value is -3.09. The molecule has 1 aliphatic rings. The second-order valence-corrected chi connectivity index (χ2v) is 9.73. The number of hydrogen-bond acceptors (Lipinski definition) is 5. The number of ether oxygens (including phenoxy) is 2. The first-order valence-electron chi connectivity index (χ1n) is 11.8. The van der Waals surface area contributed by atoms with E-state index in [1.165, 1.54) is 0 Å². The van der Waals surface area contributed by atoms with Crippen LogP contribution >= 0.6 is 11.6 Å². The number of fused-ring (bicyclic) bond motifs is 1. The number of nitrogens with zero attached hydrogens (tertiary/aromatic N) is 2. The predicted molar refractivity (Wildman–Crippen MR) is 137 cm³/mol. The van der Waals surface area contributed by atoms with Crippen molar-refractivity contribution in [3.05, 3.63) is 82.0 Å². The van der Waals surface area contributed by atoms with E-state index in [9.17, 15) is 9.90 Å². The standard InChI is InChI=1S/C28H31ClN2O4/c1-6-28(4,33)20-9-12-25(30-16-20)31-26(32)14-19-13-23(34-5)24(35-17(2)3)15-22(19)27(31)18-7-10-21(29)11-8-18/h7-13,15-17,27,33H,6,14H2,1-5H3/t27?,28-/m0/s1. The van der Waals surface area contributed by atoms with Gasteiger partial charge in [0.25, 0.3) is 0 Å². The zero-order chi connectivity index (χ0) is 25.3. The van der Waals surface area contributed by atoms with Crippen molar-refractivity contribution in [1.29, 1.82) is 0 Å². The summed E-state index contributed by atoms with van der Waals surface area (Å²) in [5.41, 5.74) is 2.43. The van der Waals surface area contributed by atoms with E-state index in [1.54, 1.807) is 31.2 Å². The Bertz CT molecular complexity index is 1210. The molecule has 2 atom stereocenters. The minimum absolute atomic E-state index is 0.0437. The second kappa shape index (κ2) is 9.88. The van der Waals surface area contributed by atoms with Gasteiger partial charge in [0.2, 0.25) is 5.91 Å². The number of aromatic nitrogens is 1. The van der Waals surface area contributed by atoms with Gasteiger partial charge in [0.05, 0.1) is 31.3 Å². The lowest BCUT2D eigenvalue weighted by molar-refractivity contribution is -0.118. The summed E-state index contributed by atoms with van der Waals surface area (Å²) in [5.74, 6) is 1.65. The zero-order valence-corrected chi connectivity index (χ0v) is 21.5. The number of halogens is 1. The number of hydrogen-bond donors (Lipinski definition) is 1. The summed E-state index contributed by atoms with van der Waals surface area (Å²) in [6, 6.07) is 14.5. The van der Waals surface area contributed by atoms with Gasteiger partial charge in [-0.2, -0.15) is 0 Å². The average molecular weight is 495 g/mol. The summed E-state index contributed by atoms with van der Waals surface area (Å²) in [5, 5.41) is 11.2. The highest BCUT2D eigenvalue weighted by molar-refractivity contribution is 6.30. The SMILES string of the molecule is CC[C@](C)(O)c1ccc(N2C(=O)Cc3cc(OC)c(OC(C)C)cc3C2c2ccc(Cl)cc2)nc1. The molecule has 184 valence electrons. The number of methoxy groups -OCH3 is 1. The molecule has 35 heavy (non-hydrogen) atoms. The molecule has 6 nitrogen and oxygen atoms in total. The van der Waals surface area contributed by atoms with Gasteiger partial charge in [0.1, 0.15) is 5.82 Å². The molecule has 0 fully saturated rings. The minimum Gasteiger partial charge on any atom is -0.493 e. The van der Waals surface area contributed by atoms with Gasteiger partial charge < -0.3 is 14.6 Å². The van der Waals surface area contributed by atoms with Gasteiger partial charge in [-0.25, -0.2) is 4.98 Å². The normalized spacial score (nSPS) is 17.2. The number of benzene rings is 2. The molecule has 2 heterocycles. The van der Waals surface area contributed by atoms with E-state index < -0.39 is 11.6 Å². The molecule has 1 aromatic heterocycles. The molecule has 1 aliphatic heterocycles. The summed E-state index contributed by atoms with van der Waals surface area (Å²) >= 11 is 6.18. The van der Waals surface area contributed by atoms with Gasteiger partial charge >= 0.3 is 0 Å². The molecule has 0 radical (unpaired) electrons. The van der Waals surface area contributed by atoms with Crippen LogP contribution in [0.3, 0.4) is 0 Å². The van der Waals surface area contributed by atoms with E-state index in [0.29, 0.717) is 34.3 Å². The molecule has 7 heteroatoms. The van der Waals surface area contributed by atoms with E-state index >= 15 is 0 Å². The van der Waals surface area contributed by atoms with Crippen molar-refractivity contribution in [1.82, 2.24) is 4.98 Å². The molecule has 0 saturated carbocycles. The van der Waals surface area contributed by atoms with E-state index in [2.05, 4.69) is 4.98 Å². The van der Waals surface area contributed by atoms with Crippen molar-refractivity contribution in [2.45, 2.75) is 58.3 Å². The Morgan fingerprint density at radius 1 is 1.17 bits per heavy atom. The van der Waals surface area contributed by atoms with Crippen molar-refractivity contribution >= 4 is 23.3 Å². The first kappa shape index (κ1) is 25.0. The summed E-state index contributed by atoms with van der Waals surface area (Å²) in [7, 11) is 1.60. The van der Waals surface area contributed by atoms with Crippen LogP contribution in [0.4, 0.5) is 5.82 Å². The molecule has 0 saturated heterocycles. The molecular formula is C28H31ClN2O4. The fourth-order valence-electron chi connectivity index (χ4n) is 4.35. The van der Waals surface area contributed by atoms with Crippen molar-refractivity contribution in [3.63, 3.8) is 0 Å². The van der Waals surface area contributed by atoms with E-state index in [-0.39, 0.29) is 18.4 Å². The molecule has 1 unspecified atom stereocenters. The Labute approximate surface area is 211 Å². The lowest BCUT2D eigenvalue weighted by Gasteiger charge is -2.37. The van der Waals surface area contributed by atoms with Crippen molar-refractivity contribution in [2.75, 3.05) is 12.0 Å². The van der Waals surface area contributed by atoms with Gasteiger partial charge in [-0.3, -0.25) is 9.69 Å². The highest BCUT2D eigenvalue weighted by atomic mass is 35.5. The minimum atomic E-state index is -0.987. The molecule has 1 amide bonds. The number of pyridine rings is 1. The fourth-order valence-corrected chi connectivity index (χ4v) is 4.47. The second-order valence-electron chi connectivity index (χ2n) is 9.30. The van der Waals surface area contributed by atoms with Gasteiger partial charge in [-0.1, -0.05) is 36.7 Å². The number of carbonyl (C=O) groups excluding carboxylic acids is 1. The summed E-state index contributed by atoms with van der Waals surface area (Å²) in [6.45, 7) is 7.59. The van der Waals surface area contributed by atoms with E-state index in [1.807, 2.05) is 63.2 Å². The van der Waals surface area contributed by atoms with Gasteiger partial charge in [-0.15, -0.1) is 0 Å². The number of aliphatic hydroxyl groups is 1. The molecule has 3 aromatic rings. The highest BCUT2D eigenvalue weighted by Crippen LogP contribution is 2.43. The maximum Gasteiger partial charge on any atom is 0.233 e. The largest absolute Gasteiger partial charge is 0.493 e. The number of rotatable bonds is 7. The van der Waals surface area contributed by atoms with Gasteiger partial charge in [0.15, 0.2) is 11.5 Å². The number of amides is 1. The van der Waals surface area contributed by atoms with Crippen LogP contribution in [0.1, 0.15) is 62.4 Å². The first-order valence-corrected chi connectivity index (χ1v) is 12.2. The summed E-state index contributed by atoms with van der Waals surface area (Å²) in [6.07, 6.45) is 2.35. The Morgan fingerprint density at radius 2 is 1.89 bits per heavy atom. The lowest BCUT2D eigenvalue weighted by Crippen LogP contribution is -2.41. The summed E-state index contributed by atoms with van der Waals surface area (Å²) in [4.78, 5) is 19.9. The van der Waals surface area contributed by atoms with Crippen molar-refractivity contribution in [3.8, 4) is 11.5 Å². The maximum absolute atomic E-state index is 13.5. The number of carbonyl (C=O) groups is 1. The molecule has 4 rings (SSSR count). The van der Waals surface area contributed by atoms with Crippen LogP contribution in [0, 0.1) is 0 Å². The first-order chi connectivity index (χ1) is 16.6. The zero-order valence-electron chi connectivity index (χ0n) is 20.7. The van der Waals surface area contributed by atoms with Crippen LogP contribution in [0.25, 0.3) is 0 Å². The fraction of sp³-hybridized carbons (Fsp3) is 0.357. The summed E-state index contributed by atoms with van der Waals surface area (Å²) < 4.78 is 11.6. The molecule has 0 bridgehead atoms. The number of anilines is 1. The van der Waals surface area contributed by atoms with Crippen LogP contribution in [0.2, 0.25) is 5.02 Å². The predicted octanol–water partition coefficient (Wildman–Crippen LogP) is 5.83. The lowest BCUT2D eigenvalue weighted by atomic mass is 9.87. The molecule has 2 aromatic carbocycles. The van der Waals surface area contributed by atoms with E-state index in [0.717, 1.165) is 16.7 Å². The Morgan fingerprint density at radius 3 is 2.46 bits per heavy atom. The van der Waals surface area contributed by atoms with Gasteiger partial charge in [-0.05, 0) is 74.2 Å².